The molecule has 1 rings (SSSR count). The highest BCUT2D eigenvalue weighted by atomic mass is 35.7. The Hall–Kier alpha value is 0.194. The van der Waals surface area contributed by atoms with E-state index in [-0.39, 0.29) is 0 Å². The summed E-state index contributed by atoms with van der Waals surface area (Å²) in [5.74, 6) is 0. The van der Waals surface area contributed by atoms with E-state index in [0.29, 0.717) is 0 Å². The highest BCUT2D eigenvalue weighted by Gasteiger charge is 2.34. The summed E-state index contributed by atoms with van der Waals surface area (Å²) in [6, 6.07) is 9.60. The molecule has 0 unspecified atom stereocenters. The van der Waals surface area contributed by atoms with Gasteiger partial charge in [0.25, 0.3) is 0 Å². The summed E-state index contributed by atoms with van der Waals surface area (Å²) in [6.07, 6.45) is 0. The quantitative estimate of drug-likeness (QED) is 0.592. The number of benzene rings is 1. The van der Waals surface area contributed by atoms with Gasteiger partial charge in [0.05, 0.1) is 0 Å². The number of hydrogen-bond donors (Lipinski definition) is 0. The van der Waals surface area contributed by atoms with E-state index < -0.39 is 16.0 Å². The van der Waals surface area contributed by atoms with Crippen molar-refractivity contribution >= 4 is 43.3 Å². The van der Waals surface area contributed by atoms with Crippen LogP contribution in [0.4, 0.5) is 0 Å². The molecule has 5 heteroatoms. The SMILES string of the molecule is C[Si](C)O[Si](Cl)(Cl)c1ccccc1. The number of rotatable bonds is 3. The molecule has 1 aromatic carbocycles. The molecule has 0 atom stereocenters. The predicted octanol–water partition coefficient (Wildman–Crippen LogP) is 2.58. The standard InChI is InChI=1S/C8H11Cl2OSi2/c1-12(2)11-13(9,10)8-6-4-3-5-7-8/h3-7H,1-2H3. The molecule has 0 aromatic heterocycles. The molecule has 0 aliphatic rings. The average molecular weight is 250 g/mol. The fourth-order valence-electron chi connectivity index (χ4n) is 0.947. The Balaban J connectivity index is 2.81. The molecular weight excluding hydrogens is 239 g/mol. The number of halogens is 2. The van der Waals surface area contributed by atoms with Gasteiger partial charge in [0.15, 0.2) is 9.04 Å². The van der Waals surface area contributed by atoms with Crippen molar-refractivity contribution in [1.29, 1.82) is 0 Å². The van der Waals surface area contributed by atoms with Gasteiger partial charge in [-0.3, -0.25) is 0 Å². The fraction of sp³-hybridized carbons (Fsp3) is 0.250. The van der Waals surface area contributed by atoms with Crippen LogP contribution in [-0.4, -0.2) is 16.0 Å². The van der Waals surface area contributed by atoms with Crippen LogP contribution in [0.15, 0.2) is 30.3 Å². The van der Waals surface area contributed by atoms with E-state index in [1.54, 1.807) is 0 Å². The van der Waals surface area contributed by atoms with Gasteiger partial charge in [-0.1, -0.05) is 30.3 Å². The second-order valence-corrected chi connectivity index (χ2v) is 10.9. The van der Waals surface area contributed by atoms with E-state index in [4.69, 9.17) is 26.3 Å². The minimum Gasteiger partial charge on any atom is -0.431 e. The lowest BCUT2D eigenvalue weighted by molar-refractivity contribution is 0.619. The first-order chi connectivity index (χ1) is 6.02. The Kier molecular flexibility index (Phi) is 4.00. The van der Waals surface area contributed by atoms with Crippen LogP contribution in [0.25, 0.3) is 0 Å². The molecule has 1 nitrogen and oxygen atoms in total. The van der Waals surface area contributed by atoms with Gasteiger partial charge in [-0.05, 0) is 18.3 Å². The van der Waals surface area contributed by atoms with E-state index in [2.05, 4.69) is 0 Å². The minimum atomic E-state index is -2.65. The second-order valence-electron chi connectivity index (χ2n) is 2.89. The van der Waals surface area contributed by atoms with Gasteiger partial charge in [-0.15, -0.1) is 22.2 Å². The molecule has 0 amide bonds. The molecule has 0 N–H and O–H groups in total. The normalized spacial score (nSPS) is 12.1. The number of hydrogen-bond acceptors (Lipinski definition) is 1. The smallest absolute Gasteiger partial charge is 0.413 e. The van der Waals surface area contributed by atoms with Crippen molar-refractivity contribution in [2.24, 2.45) is 0 Å². The third-order valence-corrected chi connectivity index (χ3v) is 7.80. The Bertz CT molecular complexity index is 264. The molecule has 1 aromatic rings. The van der Waals surface area contributed by atoms with Crippen molar-refractivity contribution in [2.75, 3.05) is 0 Å². The maximum atomic E-state index is 6.16. The van der Waals surface area contributed by atoms with Crippen molar-refractivity contribution in [1.82, 2.24) is 0 Å². The molecule has 13 heavy (non-hydrogen) atoms. The van der Waals surface area contributed by atoms with E-state index in [9.17, 15) is 0 Å². The lowest BCUT2D eigenvalue weighted by atomic mass is 10.4. The summed E-state index contributed by atoms with van der Waals surface area (Å²) in [5, 5.41) is 0.921. The molecule has 0 spiro atoms. The van der Waals surface area contributed by atoms with Crippen LogP contribution >= 0.6 is 22.2 Å². The molecule has 0 fully saturated rings. The van der Waals surface area contributed by atoms with E-state index in [1.807, 2.05) is 43.4 Å². The zero-order valence-corrected chi connectivity index (χ0v) is 11.1. The monoisotopic (exact) mass is 249 g/mol. The topological polar surface area (TPSA) is 9.23 Å². The van der Waals surface area contributed by atoms with Crippen molar-refractivity contribution in [3.63, 3.8) is 0 Å². The first-order valence-electron chi connectivity index (χ1n) is 3.95. The van der Waals surface area contributed by atoms with Crippen LogP contribution in [0.1, 0.15) is 0 Å². The highest BCUT2D eigenvalue weighted by molar-refractivity contribution is 7.48. The molecule has 0 saturated heterocycles. The Morgan fingerprint density at radius 2 is 1.69 bits per heavy atom. The van der Waals surface area contributed by atoms with Crippen molar-refractivity contribution < 1.29 is 4.12 Å². The van der Waals surface area contributed by atoms with E-state index in [1.165, 1.54) is 0 Å². The van der Waals surface area contributed by atoms with E-state index in [0.717, 1.165) is 5.19 Å². The molecule has 0 saturated carbocycles. The fourth-order valence-corrected chi connectivity index (χ4v) is 7.58. The van der Waals surface area contributed by atoms with Crippen LogP contribution in [0, 0.1) is 0 Å². The van der Waals surface area contributed by atoms with E-state index >= 15 is 0 Å². The Morgan fingerprint density at radius 3 is 2.15 bits per heavy atom. The van der Waals surface area contributed by atoms with Crippen LogP contribution < -0.4 is 5.19 Å². The zero-order chi connectivity index (χ0) is 9.90. The van der Waals surface area contributed by atoms with Gasteiger partial charge >= 0.3 is 6.94 Å². The molecule has 0 aliphatic carbocycles. The zero-order valence-electron chi connectivity index (χ0n) is 7.55. The summed E-state index contributed by atoms with van der Waals surface area (Å²) >= 11 is 12.3. The summed E-state index contributed by atoms with van der Waals surface area (Å²) in [6.45, 7) is 1.40. The van der Waals surface area contributed by atoms with Gasteiger partial charge in [0, 0.05) is 0 Å². The maximum absolute atomic E-state index is 6.16. The van der Waals surface area contributed by atoms with Crippen molar-refractivity contribution in [3.05, 3.63) is 30.3 Å². The van der Waals surface area contributed by atoms with Gasteiger partial charge in [-0.25, -0.2) is 0 Å². The van der Waals surface area contributed by atoms with Crippen LogP contribution in [0.2, 0.25) is 13.1 Å². The summed E-state index contributed by atoms with van der Waals surface area (Å²) in [7, 11) is -0.841. The van der Waals surface area contributed by atoms with Crippen LogP contribution in [0.3, 0.4) is 0 Å². The molecule has 0 aliphatic heterocycles. The molecular formula is C8H11Cl2OSi2. The Labute approximate surface area is 90.9 Å². The lowest BCUT2D eigenvalue weighted by Crippen LogP contribution is -2.43. The third-order valence-electron chi connectivity index (χ3n) is 1.44. The molecule has 0 bridgehead atoms. The van der Waals surface area contributed by atoms with Gasteiger partial charge < -0.3 is 4.12 Å². The highest BCUT2D eigenvalue weighted by Crippen LogP contribution is 2.17. The summed E-state index contributed by atoms with van der Waals surface area (Å²) < 4.78 is 5.60. The lowest BCUT2D eigenvalue weighted by Gasteiger charge is -2.19. The van der Waals surface area contributed by atoms with Gasteiger partial charge in [-0.2, -0.15) is 0 Å². The largest absolute Gasteiger partial charge is 0.431 e. The minimum absolute atomic E-state index is 0.841. The van der Waals surface area contributed by atoms with Crippen LogP contribution in [0.5, 0.6) is 0 Å². The van der Waals surface area contributed by atoms with Crippen molar-refractivity contribution in [2.45, 2.75) is 13.1 Å². The second kappa shape index (κ2) is 4.62. The first kappa shape index (κ1) is 11.3. The molecule has 71 valence electrons. The van der Waals surface area contributed by atoms with Gasteiger partial charge in [0.2, 0.25) is 0 Å². The average Bonchev–Trinajstić information content (AvgIpc) is 2.04. The molecule has 1 radical (unpaired) electrons. The van der Waals surface area contributed by atoms with Crippen LogP contribution in [-0.2, 0) is 4.12 Å². The summed E-state index contributed by atoms with van der Waals surface area (Å²) in [5.41, 5.74) is 0. The summed E-state index contributed by atoms with van der Waals surface area (Å²) in [4.78, 5) is 0. The first-order valence-corrected chi connectivity index (χ1v) is 10.3. The maximum Gasteiger partial charge on any atom is 0.413 e. The van der Waals surface area contributed by atoms with Crippen molar-refractivity contribution in [3.8, 4) is 0 Å². The predicted molar refractivity (Wildman–Crippen MR) is 62.1 cm³/mol. The molecule has 0 heterocycles. The third kappa shape index (κ3) is 3.44. The Morgan fingerprint density at radius 1 is 1.15 bits per heavy atom. The van der Waals surface area contributed by atoms with Gasteiger partial charge in [0.1, 0.15) is 0 Å².